The van der Waals surface area contributed by atoms with Gasteiger partial charge in [-0.15, -0.1) is 0 Å². The average Bonchev–Trinajstić information content (AvgIpc) is 2.37. The number of hydrogen-bond acceptors (Lipinski definition) is 2. The minimum absolute atomic E-state index is 0.419. The number of alkyl halides is 3. The topological polar surface area (TPSA) is 21.3 Å². The highest BCUT2D eigenvalue weighted by atomic mass is 79.9. The SMILES string of the molecule is FC(F)(F)c1ccc(NCC2CCCOC2)c(Br)c1. The first-order valence-corrected chi connectivity index (χ1v) is 6.94. The van der Waals surface area contributed by atoms with Crippen LogP contribution in [0.3, 0.4) is 0 Å². The first kappa shape index (κ1) is 14.7. The molecule has 1 N–H and O–H groups in total. The number of halogens is 4. The first-order valence-electron chi connectivity index (χ1n) is 6.15. The molecule has 1 aliphatic rings. The van der Waals surface area contributed by atoms with Crippen molar-refractivity contribution in [1.82, 2.24) is 0 Å². The summed E-state index contributed by atoms with van der Waals surface area (Å²) in [6.07, 6.45) is -2.18. The van der Waals surface area contributed by atoms with Crippen LogP contribution in [0.5, 0.6) is 0 Å². The van der Waals surface area contributed by atoms with Gasteiger partial charge in [-0.3, -0.25) is 0 Å². The quantitative estimate of drug-likeness (QED) is 0.887. The van der Waals surface area contributed by atoms with Crippen LogP contribution in [0.2, 0.25) is 0 Å². The van der Waals surface area contributed by atoms with Crippen molar-refractivity contribution in [1.29, 1.82) is 0 Å². The fraction of sp³-hybridized carbons (Fsp3) is 0.538. The Balaban J connectivity index is 1.97. The second kappa shape index (κ2) is 6.13. The van der Waals surface area contributed by atoms with E-state index in [0.717, 1.165) is 31.6 Å². The standard InChI is InChI=1S/C13H15BrF3NO/c14-11-6-10(13(15,16)17)3-4-12(11)18-7-9-2-1-5-19-8-9/h3-4,6,9,18H,1-2,5,7-8H2. The van der Waals surface area contributed by atoms with Gasteiger partial charge < -0.3 is 10.1 Å². The Morgan fingerprint density at radius 3 is 2.74 bits per heavy atom. The van der Waals surface area contributed by atoms with Gasteiger partial charge in [0.2, 0.25) is 0 Å². The zero-order valence-corrected chi connectivity index (χ0v) is 11.9. The number of benzene rings is 1. The van der Waals surface area contributed by atoms with Gasteiger partial charge in [0.1, 0.15) is 0 Å². The molecule has 0 bridgehead atoms. The second-order valence-electron chi connectivity index (χ2n) is 4.66. The average molecular weight is 338 g/mol. The van der Waals surface area contributed by atoms with Crippen molar-refractivity contribution >= 4 is 21.6 Å². The summed E-state index contributed by atoms with van der Waals surface area (Å²) < 4.78 is 43.3. The number of anilines is 1. The minimum atomic E-state index is -4.31. The molecule has 2 rings (SSSR count). The zero-order valence-electron chi connectivity index (χ0n) is 10.3. The number of ether oxygens (including phenoxy) is 1. The molecule has 1 heterocycles. The van der Waals surface area contributed by atoms with E-state index in [1.54, 1.807) is 0 Å². The molecule has 1 aromatic rings. The van der Waals surface area contributed by atoms with Crippen LogP contribution in [0.1, 0.15) is 18.4 Å². The first-order chi connectivity index (χ1) is 8.97. The molecule has 0 aromatic heterocycles. The lowest BCUT2D eigenvalue weighted by atomic mass is 10.0. The van der Waals surface area contributed by atoms with E-state index in [9.17, 15) is 13.2 Å². The summed E-state index contributed by atoms with van der Waals surface area (Å²) in [5.41, 5.74) is 0.0319. The van der Waals surface area contributed by atoms with Crippen LogP contribution < -0.4 is 5.32 Å². The van der Waals surface area contributed by atoms with E-state index in [1.165, 1.54) is 6.07 Å². The Morgan fingerprint density at radius 1 is 1.37 bits per heavy atom. The normalized spacial score (nSPS) is 20.3. The van der Waals surface area contributed by atoms with Crippen LogP contribution in [-0.4, -0.2) is 19.8 Å². The molecule has 19 heavy (non-hydrogen) atoms. The van der Waals surface area contributed by atoms with Gasteiger partial charge in [-0.25, -0.2) is 0 Å². The molecular weight excluding hydrogens is 323 g/mol. The van der Waals surface area contributed by atoms with Gasteiger partial charge in [-0.2, -0.15) is 13.2 Å². The summed E-state index contributed by atoms with van der Waals surface area (Å²) in [4.78, 5) is 0. The van der Waals surface area contributed by atoms with Gasteiger partial charge in [0.15, 0.2) is 0 Å². The molecular formula is C13H15BrF3NO. The van der Waals surface area contributed by atoms with Gasteiger partial charge in [-0.1, -0.05) is 0 Å². The van der Waals surface area contributed by atoms with Crippen molar-refractivity contribution in [2.75, 3.05) is 25.1 Å². The third-order valence-electron chi connectivity index (χ3n) is 3.13. The minimum Gasteiger partial charge on any atom is -0.384 e. The second-order valence-corrected chi connectivity index (χ2v) is 5.51. The maximum atomic E-state index is 12.5. The van der Waals surface area contributed by atoms with Gasteiger partial charge in [-0.05, 0) is 52.9 Å². The fourth-order valence-electron chi connectivity index (χ4n) is 2.06. The van der Waals surface area contributed by atoms with Crippen molar-refractivity contribution < 1.29 is 17.9 Å². The monoisotopic (exact) mass is 337 g/mol. The van der Waals surface area contributed by atoms with Crippen LogP contribution in [0.15, 0.2) is 22.7 Å². The summed E-state index contributed by atoms with van der Waals surface area (Å²) >= 11 is 3.17. The molecule has 0 spiro atoms. The Hall–Kier alpha value is -0.750. The molecule has 0 radical (unpaired) electrons. The largest absolute Gasteiger partial charge is 0.416 e. The van der Waals surface area contributed by atoms with E-state index in [0.29, 0.717) is 29.2 Å². The molecule has 0 amide bonds. The molecule has 1 aliphatic heterocycles. The van der Waals surface area contributed by atoms with E-state index in [-0.39, 0.29) is 0 Å². The van der Waals surface area contributed by atoms with Gasteiger partial charge in [0, 0.05) is 23.3 Å². The van der Waals surface area contributed by atoms with E-state index in [2.05, 4.69) is 21.2 Å². The Morgan fingerprint density at radius 2 is 2.16 bits per heavy atom. The Labute approximate surface area is 118 Å². The lowest BCUT2D eigenvalue weighted by molar-refractivity contribution is -0.137. The van der Waals surface area contributed by atoms with E-state index < -0.39 is 11.7 Å². The van der Waals surface area contributed by atoms with Gasteiger partial charge in [0.25, 0.3) is 0 Å². The summed E-state index contributed by atoms with van der Waals surface area (Å²) in [7, 11) is 0. The van der Waals surface area contributed by atoms with Gasteiger partial charge in [0.05, 0.1) is 12.2 Å². The molecule has 1 fully saturated rings. The highest BCUT2D eigenvalue weighted by Crippen LogP contribution is 2.34. The molecule has 2 nitrogen and oxygen atoms in total. The molecule has 1 saturated heterocycles. The van der Waals surface area contributed by atoms with Crippen molar-refractivity contribution in [2.24, 2.45) is 5.92 Å². The van der Waals surface area contributed by atoms with Gasteiger partial charge >= 0.3 is 6.18 Å². The number of nitrogens with one attached hydrogen (secondary N) is 1. The van der Waals surface area contributed by atoms with Crippen LogP contribution in [-0.2, 0) is 10.9 Å². The highest BCUT2D eigenvalue weighted by molar-refractivity contribution is 9.10. The van der Waals surface area contributed by atoms with Crippen LogP contribution in [0.4, 0.5) is 18.9 Å². The van der Waals surface area contributed by atoms with Crippen molar-refractivity contribution in [3.05, 3.63) is 28.2 Å². The number of hydrogen-bond donors (Lipinski definition) is 1. The van der Waals surface area contributed by atoms with Crippen LogP contribution >= 0.6 is 15.9 Å². The molecule has 0 saturated carbocycles. The fourth-order valence-corrected chi connectivity index (χ4v) is 2.58. The third-order valence-corrected chi connectivity index (χ3v) is 3.79. The highest BCUT2D eigenvalue weighted by Gasteiger charge is 2.30. The smallest absolute Gasteiger partial charge is 0.384 e. The summed E-state index contributed by atoms with van der Waals surface area (Å²) in [6, 6.07) is 3.64. The van der Waals surface area contributed by atoms with Crippen LogP contribution in [0.25, 0.3) is 0 Å². The van der Waals surface area contributed by atoms with Crippen molar-refractivity contribution in [2.45, 2.75) is 19.0 Å². The predicted molar refractivity (Wildman–Crippen MR) is 71.2 cm³/mol. The Kier molecular flexibility index (Phi) is 4.73. The van der Waals surface area contributed by atoms with E-state index in [1.807, 2.05) is 0 Å². The number of rotatable bonds is 3. The summed E-state index contributed by atoms with van der Waals surface area (Å²) in [6.45, 7) is 2.23. The third kappa shape index (κ3) is 4.11. The van der Waals surface area contributed by atoms with Crippen molar-refractivity contribution in [3.8, 4) is 0 Å². The van der Waals surface area contributed by atoms with Crippen molar-refractivity contribution in [3.63, 3.8) is 0 Å². The maximum Gasteiger partial charge on any atom is 0.416 e. The molecule has 106 valence electrons. The lowest BCUT2D eigenvalue weighted by Gasteiger charge is -2.23. The molecule has 1 aromatic carbocycles. The summed E-state index contributed by atoms with van der Waals surface area (Å²) in [5.74, 6) is 0.419. The maximum absolute atomic E-state index is 12.5. The predicted octanol–water partition coefficient (Wildman–Crippen LogP) is 4.31. The Bertz CT molecular complexity index is 430. The van der Waals surface area contributed by atoms with Crippen LogP contribution in [0, 0.1) is 5.92 Å². The van der Waals surface area contributed by atoms with E-state index in [4.69, 9.17) is 4.74 Å². The summed E-state index contributed by atoms with van der Waals surface area (Å²) in [5, 5.41) is 3.17. The molecule has 0 aliphatic carbocycles. The molecule has 1 unspecified atom stereocenters. The molecule has 1 atom stereocenters. The zero-order chi connectivity index (χ0) is 13.9. The van der Waals surface area contributed by atoms with E-state index >= 15 is 0 Å². The lowest BCUT2D eigenvalue weighted by Crippen LogP contribution is -2.24. The molecule has 6 heteroatoms.